The Hall–Kier alpha value is -0.610. The quantitative estimate of drug-likeness (QED) is 0.674. The second kappa shape index (κ2) is 8.48. The van der Waals surface area contributed by atoms with E-state index in [4.69, 9.17) is 0 Å². The number of amides is 1. The van der Waals surface area contributed by atoms with Gasteiger partial charge in [0, 0.05) is 32.6 Å². The van der Waals surface area contributed by atoms with Crippen LogP contribution in [0.2, 0.25) is 0 Å². The van der Waals surface area contributed by atoms with Crippen molar-refractivity contribution in [2.75, 3.05) is 46.3 Å². The first kappa shape index (κ1) is 14.5. The van der Waals surface area contributed by atoms with E-state index < -0.39 is 0 Å². The molecule has 1 N–H and O–H groups in total. The maximum atomic E-state index is 11.9. The Kier molecular flexibility index (Phi) is 7.21. The number of unbranched alkanes of at least 4 members (excludes halogenated alkanes) is 2. The molecule has 1 heterocycles. The van der Waals surface area contributed by atoms with Gasteiger partial charge in [-0.25, -0.2) is 0 Å². The molecule has 1 amide bonds. The van der Waals surface area contributed by atoms with Crippen molar-refractivity contribution in [3.05, 3.63) is 0 Å². The van der Waals surface area contributed by atoms with Gasteiger partial charge in [-0.3, -0.25) is 4.79 Å². The first-order valence-electron chi connectivity index (χ1n) is 6.92. The summed E-state index contributed by atoms with van der Waals surface area (Å²) in [6.45, 7) is 8.27. The van der Waals surface area contributed by atoms with Gasteiger partial charge in [0.2, 0.25) is 5.91 Å². The third kappa shape index (κ3) is 5.50. The molecule has 0 saturated carbocycles. The summed E-state index contributed by atoms with van der Waals surface area (Å²) in [7, 11) is 1.97. The molecule has 4 nitrogen and oxygen atoms in total. The van der Waals surface area contributed by atoms with E-state index in [0.717, 1.165) is 58.5 Å². The second-order valence-corrected chi connectivity index (χ2v) is 4.73. The Labute approximate surface area is 105 Å². The number of nitrogens with zero attached hydrogens (tertiary/aromatic N) is 2. The summed E-state index contributed by atoms with van der Waals surface area (Å²) in [5.41, 5.74) is 0. The van der Waals surface area contributed by atoms with Crippen LogP contribution in [0.1, 0.15) is 32.6 Å². The van der Waals surface area contributed by atoms with Gasteiger partial charge in [0.05, 0.1) is 0 Å². The maximum Gasteiger partial charge on any atom is 0.222 e. The Morgan fingerprint density at radius 1 is 1.12 bits per heavy atom. The van der Waals surface area contributed by atoms with E-state index in [2.05, 4.69) is 17.1 Å². The number of rotatable bonds is 7. The minimum absolute atomic E-state index is 0.352. The van der Waals surface area contributed by atoms with Crippen molar-refractivity contribution < 1.29 is 4.79 Å². The highest BCUT2D eigenvalue weighted by Gasteiger charge is 2.19. The van der Waals surface area contributed by atoms with Crippen LogP contribution >= 0.6 is 0 Å². The van der Waals surface area contributed by atoms with E-state index in [1.54, 1.807) is 0 Å². The van der Waals surface area contributed by atoms with Crippen LogP contribution in [0.25, 0.3) is 0 Å². The van der Waals surface area contributed by atoms with Crippen LogP contribution < -0.4 is 5.32 Å². The van der Waals surface area contributed by atoms with Gasteiger partial charge in [0.15, 0.2) is 0 Å². The van der Waals surface area contributed by atoms with E-state index in [-0.39, 0.29) is 0 Å². The van der Waals surface area contributed by atoms with E-state index in [9.17, 15) is 4.79 Å². The van der Waals surface area contributed by atoms with Gasteiger partial charge in [0.25, 0.3) is 0 Å². The number of nitrogens with one attached hydrogen (secondary N) is 1. The first-order valence-corrected chi connectivity index (χ1v) is 6.92. The normalized spacial score (nSPS) is 17.4. The maximum absolute atomic E-state index is 11.9. The van der Waals surface area contributed by atoms with Gasteiger partial charge in [-0.2, -0.15) is 0 Å². The van der Waals surface area contributed by atoms with Gasteiger partial charge in [-0.05, 0) is 33.0 Å². The molecule has 0 bridgehead atoms. The molecule has 17 heavy (non-hydrogen) atoms. The van der Waals surface area contributed by atoms with Gasteiger partial charge in [-0.1, -0.05) is 13.3 Å². The number of hydrogen-bond acceptors (Lipinski definition) is 3. The molecule has 100 valence electrons. The molecular formula is C13H27N3O. The molecule has 1 aliphatic heterocycles. The van der Waals surface area contributed by atoms with Gasteiger partial charge < -0.3 is 15.1 Å². The molecule has 4 heteroatoms. The molecule has 0 aromatic rings. The lowest BCUT2D eigenvalue weighted by atomic mass is 10.1. The summed E-state index contributed by atoms with van der Waals surface area (Å²) in [5, 5.41) is 3.13. The van der Waals surface area contributed by atoms with Crippen molar-refractivity contribution in [3.8, 4) is 0 Å². The lowest BCUT2D eigenvalue weighted by Crippen LogP contribution is -2.48. The summed E-state index contributed by atoms with van der Waals surface area (Å²) in [6, 6.07) is 0. The van der Waals surface area contributed by atoms with Crippen LogP contribution in [-0.2, 0) is 4.79 Å². The van der Waals surface area contributed by atoms with E-state index in [1.165, 1.54) is 6.42 Å². The van der Waals surface area contributed by atoms with Crippen LogP contribution in [0.5, 0.6) is 0 Å². The predicted octanol–water partition coefficient (Wildman–Crippen LogP) is 0.930. The highest BCUT2D eigenvalue weighted by molar-refractivity contribution is 5.76. The predicted molar refractivity (Wildman–Crippen MR) is 71.1 cm³/mol. The zero-order valence-electron chi connectivity index (χ0n) is 11.4. The molecule has 0 atom stereocenters. The molecule has 0 aromatic carbocycles. The van der Waals surface area contributed by atoms with Crippen LogP contribution in [-0.4, -0.2) is 62.0 Å². The van der Waals surface area contributed by atoms with Crippen LogP contribution in [0.15, 0.2) is 0 Å². The number of carbonyl (C=O) groups is 1. The molecule has 1 aliphatic rings. The summed E-state index contributed by atoms with van der Waals surface area (Å²) in [5.74, 6) is 0.352. The fraction of sp³-hybridized carbons (Fsp3) is 0.923. The largest absolute Gasteiger partial charge is 0.340 e. The standard InChI is InChI=1S/C13H27N3O/c1-3-15-9-11-16(12-10-15)13(17)7-5-4-6-8-14-2/h14H,3-12H2,1-2H3. The minimum Gasteiger partial charge on any atom is -0.340 e. The summed E-state index contributed by atoms with van der Waals surface area (Å²) in [4.78, 5) is 16.3. The van der Waals surface area contributed by atoms with E-state index in [0.29, 0.717) is 5.91 Å². The third-order valence-corrected chi connectivity index (χ3v) is 3.49. The summed E-state index contributed by atoms with van der Waals surface area (Å²) >= 11 is 0. The van der Waals surface area contributed by atoms with Crippen molar-refractivity contribution in [3.63, 3.8) is 0 Å². The van der Waals surface area contributed by atoms with Crippen LogP contribution in [0.4, 0.5) is 0 Å². The highest BCUT2D eigenvalue weighted by atomic mass is 16.2. The van der Waals surface area contributed by atoms with Crippen LogP contribution in [0.3, 0.4) is 0 Å². The molecule has 0 unspecified atom stereocenters. The first-order chi connectivity index (χ1) is 8.27. The van der Waals surface area contributed by atoms with Crippen molar-refractivity contribution in [1.29, 1.82) is 0 Å². The Morgan fingerprint density at radius 3 is 2.41 bits per heavy atom. The number of piperazine rings is 1. The van der Waals surface area contributed by atoms with Crippen LogP contribution in [0, 0.1) is 0 Å². The van der Waals surface area contributed by atoms with Gasteiger partial charge in [-0.15, -0.1) is 0 Å². The van der Waals surface area contributed by atoms with E-state index >= 15 is 0 Å². The SMILES string of the molecule is CCN1CCN(C(=O)CCCCCNC)CC1. The third-order valence-electron chi connectivity index (χ3n) is 3.49. The lowest BCUT2D eigenvalue weighted by molar-refractivity contribution is -0.133. The zero-order chi connectivity index (χ0) is 12.5. The Balaban J connectivity index is 2.08. The molecule has 1 rings (SSSR count). The topological polar surface area (TPSA) is 35.6 Å². The lowest BCUT2D eigenvalue weighted by Gasteiger charge is -2.34. The molecule has 1 saturated heterocycles. The zero-order valence-corrected chi connectivity index (χ0v) is 11.4. The average Bonchev–Trinajstić information content (AvgIpc) is 2.38. The molecule has 0 aromatic heterocycles. The van der Waals surface area contributed by atoms with Gasteiger partial charge >= 0.3 is 0 Å². The number of hydrogen-bond donors (Lipinski definition) is 1. The fourth-order valence-electron chi connectivity index (χ4n) is 2.23. The molecule has 0 radical (unpaired) electrons. The highest BCUT2D eigenvalue weighted by Crippen LogP contribution is 2.07. The van der Waals surface area contributed by atoms with Crippen molar-refractivity contribution in [2.24, 2.45) is 0 Å². The molecule has 0 aliphatic carbocycles. The number of carbonyl (C=O) groups excluding carboxylic acids is 1. The fourth-order valence-corrected chi connectivity index (χ4v) is 2.23. The summed E-state index contributed by atoms with van der Waals surface area (Å²) < 4.78 is 0. The monoisotopic (exact) mass is 241 g/mol. The number of likely N-dealkylation sites (N-methyl/N-ethyl adjacent to an activating group) is 1. The van der Waals surface area contributed by atoms with Gasteiger partial charge in [0.1, 0.15) is 0 Å². The molecule has 1 fully saturated rings. The minimum atomic E-state index is 0.352. The van der Waals surface area contributed by atoms with Crippen molar-refractivity contribution in [1.82, 2.24) is 15.1 Å². The average molecular weight is 241 g/mol. The Morgan fingerprint density at radius 2 is 1.82 bits per heavy atom. The van der Waals surface area contributed by atoms with Crippen molar-refractivity contribution in [2.45, 2.75) is 32.6 Å². The Bertz CT molecular complexity index is 213. The second-order valence-electron chi connectivity index (χ2n) is 4.73. The summed E-state index contributed by atoms with van der Waals surface area (Å²) in [6.07, 6.45) is 4.10. The molecule has 0 spiro atoms. The smallest absolute Gasteiger partial charge is 0.222 e. The molecular weight excluding hydrogens is 214 g/mol. The van der Waals surface area contributed by atoms with Crippen molar-refractivity contribution >= 4 is 5.91 Å². The van der Waals surface area contributed by atoms with E-state index in [1.807, 2.05) is 11.9 Å².